The van der Waals surface area contributed by atoms with Crippen LogP contribution in [0.15, 0.2) is 72.9 Å². The number of aromatic nitrogens is 2. The molecule has 2 aromatic carbocycles. The summed E-state index contributed by atoms with van der Waals surface area (Å²) in [6, 6.07) is 21.8. The molecule has 0 radical (unpaired) electrons. The van der Waals surface area contributed by atoms with E-state index in [0.29, 0.717) is 13.1 Å². The summed E-state index contributed by atoms with van der Waals surface area (Å²) in [4.78, 5) is 20.0. The molecule has 180 valence electrons. The van der Waals surface area contributed by atoms with Gasteiger partial charge in [-0.15, -0.1) is 0 Å². The lowest BCUT2D eigenvalue weighted by molar-refractivity contribution is 0.178. The average molecular weight is 471 g/mol. The number of carbonyl (C=O) groups is 1. The molecular weight excluding hydrogens is 440 g/mol. The highest BCUT2D eigenvalue weighted by molar-refractivity contribution is 5.78. The van der Waals surface area contributed by atoms with E-state index in [1.54, 1.807) is 14.2 Å². The molecule has 1 saturated heterocycles. The van der Waals surface area contributed by atoms with Crippen LogP contribution in [0.3, 0.4) is 0 Å². The lowest BCUT2D eigenvalue weighted by atomic mass is 9.97. The number of fused-ring (bicyclic) bond motifs is 1. The Morgan fingerprint density at radius 2 is 1.86 bits per heavy atom. The van der Waals surface area contributed by atoms with Gasteiger partial charge in [0.1, 0.15) is 17.3 Å². The quantitative estimate of drug-likeness (QED) is 0.425. The van der Waals surface area contributed by atoms with Gasteiger partial charge in [0.2, 0.25) is 0 Å². The van der Waals surface area contributed by atoms with Crippen LogP contribution in [0, 0.1) is 0 Å². The first-order chi connectivity index (χ1) is 17.2. The summed E-state index contributed by atoms with van der Waals surface area (Å²) in [5.41, 5.74) is 4.04. The summed E-state index contributed by atoms with van der Waals surface area (Å²) in [6.45, 7) is 1.87. The Bertz CT molecular complexity index is 1320. The number of rotatable bonds is 6. The van der Waals surface area contributed by atoms with E-state index in [9.17, 15) is 4.79 Å². The second kappa shape index (κ2) is 10.1. The topological polar surface area (TPSA) is 68.1 Å². The minimum absolute atomic E-state index is 0.0422. The molecule has 0 aliphatic carbocycles. The van der Waals surface area contributed by atoms with E-state index in [0.717, 1.165) is 59.0 Å². The predicted molar refractivity (Wildman–Crippen MR) is 136 cm³/mol. The van der Waals surface area contributed by atoms with Crippen LogP contribution in [0.2, 0.25) is 0 Å². The molecule has 1 atom stereocenters. The highest BCUT2D eigenvalue weighted by Gasteiger charge is 2.28. The molecule has 7 heteroatoms. The molecule has 7 nitrogen and oxygen atoms in total. The standard InChI is InChI=1S/C28H30N4O3/c1-34-23-13-11-20(12-14-23)18-29-28(33)31-15-6-8-22(19-31)27-30-26(25-10-3-4-16-32(25)27)21-7-5-9-24(17-21)35-2/h3-5,7,9-14,16-17,22H,6,8,15,18-19H2,1-2H3,(H,29,33)/t22-/m1/s1. The van der Waals surface area contributed by atoms with Gasteiger partial charge in [-0.1, -0.05) is 30.3 Å². The normalized spacial score (nSPS) is 15.7. The first kappa shape index (κ1) is 22.8. The van der Waals surface area contributed by atoms with Gasteiger partial charge >= 0.3 is 6.03 Å². The number of imidazole rings is 1. The van der Waals surface area contributed by atoms with Gasteiger partial charge < -0.3 is 24.1 Å². The van der Waals surface area contributed by atoms with E-state index in [2.05, 4.69) is 28.0 Å². The molecule has 1 aliphatic rings. The van der Waals surface area contributed by atoms with Crippen LogP contribution in [0.1, 0.15) is 30.1 Å². The third-order valence-electron chi connectivity index (χ3n) is 6.60. The van der Waals surface area contributed by atoms with Crippen LogP contribution >= 0.6 is 0 Å². The zero-order valence-corrected chi connectivity index (χ0v) is 20.1. The van der Waals surface area contributed by atoms with Gasteiger partial charge in [0.25, 0.3) is 0 Å². The van der Waals surface area contributed by atoms with Gasteiger partial charge in [-0.05, 0) is 54.8 Å². The Morgan fingerprint density at radius 1 is 1.03 bits per heavy atom. The van der Waals surface area contributed by atoms with Crippen molar-refractivity contribution < 1.29 is 14.3 Å². The number of likely N-dealkylation sites (tertiary alicyclic amines) is 1. The van der Waals surface area contributed by atoms with Crippen LogP contribution in [0.4, 0.5) is 4.79 Å². The van der Waals surface area contributed by atoms with Crippen molar-refractivity contribution in [2.45, 2.75) is 25.3 Å². The number of carbonyl (C=O) groups excluding carboxylic acids is 1. The number of ether oxygens (including phenoxy) is 2. The molecule has 2 amide bonds. The third kappa shape index (κ3) is 4.80. The lowest BCUT2D eigenvalue weighted by Gasteiger charge is -2.32. The van der Waals surface area contributed by atoms with E-state index in [-0.39, 0.29) is 11.9 Å². The average Bonchev–Trinajstić information content (AvgIpc) is 3.32. The molecule has 0 unspecified atom stereocenters. The number of benzene rings is 2. The summed E-state index contributed by atoms with van der Waals surface area (Å²) >= 11 is 0. The predicted octanol–water partition coefficient (Wildman–Crippen LogP) is 5.11. The van der Waals surface area contributed by atoms with Crippen molar-refractivity contribution in [3.05, 3.63) is 84.3 Å². The maximum Gasteiger partial charge on any atom is 0.317 e. The van der Waals surface area contributed by atoms with E-state index >= 15 is 0 Å². The molecule has 5 rings (SSSR count). The molecule has 35 heavy (non-hydrogen) atoms. The largest absolute Gasteiger partial charge is 0.497 e. The Kier molecular flexibility index (Phi) is 6.57. The molecular formula is C28H30N4O3. The minimum Gasteiger partial charge on any atom is -0.497 e. The van der Waals surface area contributed by atoms with Gasteiger partial charge in [0, 0.05) is 37.3 Å². The minimum atomic E-state index is -0.0422. The van der Waals surface area contributed by atoms with Gasteiger partial charge in [-0.2, -0.15) is 0 Å². The first-order valence-corrected chi connectivity index (χ1v) is 11.9. The second-order valence-electron chi connectivity index (χ2n) is 8.80. The van der Waals surface area contributed by atoms with Crippen molar-refractivity contribution in [3.8, 4) is 22.8 Å². The molecule has 0 saturated carbocycles. The van der Waals surface area contributed by atoms with Gasteiger partial charge in [-0.25, -0.2) is 9.78 Å². The number of methoxy groups -OCH3 is 2. The summed E-state index contributed by atoms with van der Waals surface area (Å²) in [6.07, 6.45) is 3.99. The number of hydrogen-bond acceptors (Lipinski definition) is 4. The van der Waals surface area contributed by atoms with Crippen molar-refractivity contribution in [2.24, 2.45) is 0 Å². The summed E-state index contributed by atoms with van der Waals surface area (Å²) in [5.74, 6) is 2.76. The van der Waals surface area contributed by atoms with Crippen molar-refractivity contribution in [1.29, 1.82) is 0 Å². The number of hydrogen-bond donors (Lipinski definition) is 1. The number of pyridine rings is 1. The number of nitrogens with zero attached hydrogens (tertiary/aromatic N) is 3. The first-order valence-electron chi connectivity index (χ1n) is 11.9. The van der Waals surface area contributed by atoms with Crippen LogP contribution in [-0.4, -0.2) is 47.6 Å². The molecule has 3 heterocycles. The zero-order valence-electron chi connectivity index (χ0n) is 20.1. The number of nitrogens with one attached hydrogen (secondary N) is 1. The molecule has 4 aromatic rings. The Labute approximate surface area is 205 Å². The number of piperidine rings is 1. The molecule has 0 spiro atoms. The summed E-state index contributed by atoms with van der Waals surface area (Å²) in [5, 5.41) is 3.06. The maximum atomic E-state index is 13.0. The smallest absolute Gasteiger partial charge is 0.317 e. The van der Waals surface area contributed by atoms with Crippen molar-refractivity contribution >= 4 is 11.5 Å². The van der Waals surface area contributed by atoms with Gasteiger partial charge in [-0.3, -0.25) is 0 Å². The zero-order chi connectivity index (χ0) is 24.2. The molecule has 1 fully saturated rings. The third-order valence-corrected chi connectivity index (χ3v) is 6.60. The van der Waals surface area contributed by atoms with E-state index in [4.69, 9.17) is 14.5 Å². The Balaban J connectivity index is 1.34. The Hall–Kier alpha value is -4.00. The van der Waals surface area contributed by atoms with E-state index < -0.39 is 0 Å². The fourth-order valence-corrected chi connectivity index (χ4v) is 4.74. The number of amides is 2. The summed E-state index contributed by atoms with van der Waals surface area (Å²) in [7, 11) is 3.32. The van der Waals surface area contributed by atoms with E-state index in [1.807, 2.05) is 59.5 Å². The molecule has 2 aromatic heterocycles. The van der Waals surface area contributed by atoms with Gasteiger partial charge in [0.15, 0.2) is 0 Å². The number of urea groups is 1. The van der Waals surface area contributed by atoms with Gasteiger partial charge in [0.05, 0.1) is 25.4 Å². The maximum absolute atomic E-state index is 13.0. The molecule has 0 bridgehead atoms. The van der Waals surface area contributed by atoms with Crippen molar-refractivity contribution in [3.63, 3.8) is 0 Å². The van der Waals surface area contributed by atoms with Crippen LogP contribution < -0.4 is 14.8 Å². The fourth-order valence-electron chi connectivity index (χ4n) is 4.74. The van der Waals surface area contributed by atoms with Crippen LogP contribution in [0.5, 0.6) is 11.5 Å². The van der Waals surface area contributed by atoms with Crippen LogP contribution in [-0.2, 0) is 6.54 Å². The molecule has 1 aliphatic heterocycles. The van der Waals surface area contributed by atoms with Crippen molar-refractivity contribution in [1.82, 2.24) is 19.6 Å². The molecule has 1 N–H and O–H groups in total. The Morgan fingerprint density at radius 3 is 2.66 bits per heavy atom. The highest BCUT2D eigenvalue weighted by atomic mass is 16.5. The fraction of sp³-hybridized carbons (Fsp3) is 0.286. The van der Waals surface area contributed by atoms with Crippen LogP contribution in [0.25, 0.3) is 16.8 Å². The SMILES string of the molecule is COc1ccc(CNC(=O)N2CCC[C@@H](c3nc(-c4cccc(OC)c4)c4ccccn34)C2)cc1. The summed E-state index contributed by atoms with van der Waals surface area (Å²) < 4.78 is 12.8. The lowest BCUT2D eigenvalue weighted by Crippen LogP contribution is -2.45. The van der Waals surface area contributed by atoms with E-state index in [1.165, 1.54) is 0 Å². The monoisotopic (exact) mass is 470 g/mol. The second-order valence-corrected chi connectivity index (χ2v) is 8.80. The highest BCUT2D eigenvalue weighted by Crippen LogP contribution is 2.33. The van der Waals surface area contributed by atoms with Crippen molar-refractivity contribution in [2.75, 3.05) is 27.3 Å².